The van der Waals surface area contributed by atoms with Crippen molar-refractivity contribution in [2.75, 3.05) is 0 Å². The van der Waals surface area contributed by atoms with Gasteiger partial charge in [0.15, 0.2) is 0 Å². The molecule has 0 saturated carbocycles. The van der Waals surface area contributed by atoms with Gasteiger partial charge >= 0.3 is 0 Å². The first-order valence-electron chi connectivity index (χ1n) is 11.9. The van der Waals surface area contributed by atoms with Crippen LogP contribution in [-0.2, 0) is 0 Å². The number of nitrogens with zero attached hydrogens (tertiary/aromatic N) is 1. The zero-order valence-corrected chi connectivity index (χ0v) is 18.6. The number of benzene rings is 6. The van der Waals surface area contributed by atoms with Gasteiger partial charge in [0.25, 0.3) is 0 Å². The number of hydrogen-bond acceptors (Lipinski definition) is 0. The normalized spacial score (nSPS) is 12.6. The molecule has 0 amide bonds. The number of fused-ring (bicyclic) bond motifs is 10. The van der Waals surface area contributed by atoms with Gasteiger partial charge < -0.3 is 4.57 Å². The molecule has 0 spiro atoms. The first kappa shape index (κ1) is 18.2. The first-order chi connectivity index (χ1) is 16.9. The average molecular weight is 429 g/mol. The van der Waals surface area contributed by atoms with E-state index in [0.29, 0.717) is 0 Å². The molecule has 2 heteroatoms. The van der Waals surface area contributed by atoms with Crippen LogP contribution in [0.5, 0.6) is 0 Å². The van der Waals surface area contributed by atoms with Crippen LogP contribution in [0.15, 0.2) is 121 Å². The highest BCUT2D eigenvalue weighted by atomic mass is 15.0. The third-order valence-corrected chi connectivity index (χ3v) is 7.62. The second kappa shape index (κ2) is 6.62. The molecule has 0 radical (unpaired) electrons. The molecule has 0 unspecified atom stereocenters. The molecular weight excluding hydrogens is 409 g/mol. The standard InChI is InChI=1S/C32H20BN/c1-2-11-21(12-3-1)33-27-18-8-9-20-29(27)34-31-26(17-10-19-28(31)33)30-24-15-6-4-13-22(24)23-14-5-7-16-25(23)32(30)34/h1-20H. The summed E-state index contributed by atoms with van der Waals surface area (Å²) in [4.78, 5) is 0. The number of para-hydroxylation sites is 2. The molecule has 1 aromatic heterocycles. The molecule has 0 saturated heterocycles. The highest BCUT2D eigenvalue weighted by Crippen LogP contribution is 2.42. The van der Waals surface area contributed by atoms with Crippen LogP contribution < -0.4 is 16.4 Å². The van der Waals surface area contributed by atoms with Crippen molar-refractivity contribution in [3.05, 3.63) is 121 Å². The smallest absolute Gasteiger partial charge is 0.246 e. The van der Waals surface area contributed by atoms with E-state index in [0.717, 1.165) is 0 Å². The molecule has 0 aliphatic carbocycles. The third-order valence-electron chi connectivity index (χ3n) is 7.62. The molecule has 1 aliphatic heterocycles. The van der Waals surface area contributed by atoms with Gasteiger partial charge in [0, 0.05) is 27.4 Å². The average Bonchev–Trinajstić information content (AvgIpc) is 3.27. The topological polar surface area (TPSA) is 4.93 Å². The SMILES string of the molecule is c1ccc(B2c3ccccc3-n3c4c2cccc4c2c4ccccc4c4ccccc4c23)cc1. The summed E-state index contributed by atoms with van der Waals surface area (Å²) in [6, 6.07) is 44.6. The molecule has 0 N–H and O–H groups in total. The van der Waals surface area contributed by atoms with Crippen molar-refractivity contribution < 1.29 is 0 Å². The van der Waals surface area contributed by atoms with Gasteiger partial charge in [-0.1, -0.05) is 121 Å². The van der Waals surface area contributed by atoms with Crippen LogP contribution >= 0.6 is 0 Å². The Morgan fingerprint density at radius 1 is 0.412 bits per heavy atom. The molecule has 156 valence electrons. The molecule has 0 atom stereocenters. The Kier molecular flexibility index (Phi) is 3.54. The lowest BCUT2D eigenvalue weighted by Crippen LogP contribution is -2.55. The molecule has 0 bridgehead atoms. The Hall–Kier alpha value is -4.30. The summed E-state index contributed by atoms with van der Waals surface area (Å²) < 4.78 is 2.55. The van der Waals surface area contributed by atoms with E-state index >= 15 is 0 Å². The van der Waals surface area contributed by atoms with Crippen molar-refractivity contribution in [3.8, 4) is 5.69 Å². The van der Waals surface area contributed by atoms with E-state index in [4.69, 9.17) is 0 Å². The van der Waals surface area contributed by atoms with Gasteiger partial charge in [-0.3, -0.25) is 0 Å². The van der Waals surface area contributed by atoms with Crippen LogP contribution in [0.2, 0.25) is 0 Å². The van der Waals surface area contributed by atoms with Crippen LogP contribution in [0.1, 0.15) is 0 Å². The maximum atomic E-state index is 2.55. The lowest BCUT2D eigenvalue weighted by atomic mass is 9.35. The summed E-state index contributed by atoms with van der Waals surface area (Å²) in [7, 11) is 0. The number of hydrogen-bond donors (Lipinski definition) is 0. The quantitative estimate of drug-likeness (QED) is 0.226. The Bertz CT molecular complexity index is 1910. The summed E-state index contributed by atoms with van der Waals surface area (Å²) in [5.41, 5.74) is 8.03. The minimum atomic E-state index is 0.218. The Morgan fingerprint density at radius 2 is 1.00 bits per heavy atom. The van der Waals surface area contributed by atoms with Crippen molar-refractivity contribution in [1.82, 2.24) is 4.57 Å². The largest absolute Gasteiger partial charge is 0.310 e. The van der Waals surface area contributed by atoms with Crippen molar-refractivity contribution in [2.45, 2.75) is 0 Å². The summed E-state index contributed by atoms with van der Waals surface area (Å²) in [6.45, 7) is 0.218. The van der Waals surface area contributed by atoms with Crippen LogP contribution in [0.25, 0.3) is 49.0 Å². The lowest BCUT2D eigenvalue weighted by molar-refractivity contribution is 1.20. The molecule has 8 rings (SSSR count). The second-order valence-corrected chi connectivity index (χ2v) is 9.30. The van der Waals surface area contributed by atoms with Crippen LogP contribution in [-0.4, -0.2) is 11.3 Å². The molecule has 1 nitrogen and oxygen atoms in total. The molecule has 1 aliphatic rings. The van der Waals surface area contributed by atoms with Gasteiger partial charge in [0.2, 0.25) is 6.71 Å². The number of rotatable bonds is 1. The van der Waals surface area contributed by atoms with Crippen LogP contribution in [0.3, 0.4) is 0 Å². The van der Waals surface area contributed by atoms with E-state index in [1.165, 1.54) is 65.4 Å². The van der Waals surface area contributed by atoms with Crippen molar-refractivity contribution in [3.63, 3.8) is 0 Å². The first-order valence-corrected chi connectivity index (χ1v) is 11.9. The van der Waals surface area contributed by atoms with E-state index in [2.05, 4.69) is 126 Å². The lowest BCUT2D eigenvalue weighted by Gasteiger charge is -2.27. The van der Waals surface area contributed by atoms with Gasteiger partial charge in [-0.2, -0.15) is 0 Å². The van der Waals surface area contributed by atoms with E-state index < -0.39 is 0 Å². The van der Waals surface area contributed by atoms with Crippen LogP contribution in [0.4, 0.5) is 0 Å². The van der Waals surface area contributed by atoms with Gasteiger partial charge in [-0.05, 0) is 33.2 Å². The third kappa shape index (κ3) is 2.20. The fourth-order valence-electron chi connectivity index (χ4n) is 6.33. The summed E-state index contributed by atoms with van der Waals surface area (Å²) >= 11 is 0. The molecule has 7 aromatic rings. The minimum Gasteiger partial charge on any atom is -0.310 e. The van der Waals surface area contributed by atoms with Gasteiger partial charge in [-0.15, -0.1) is 0 Å². The monoisotopic (exact) mass is 429 g/mol. The highest BCUT2D eigenvalue weighted by molar-refractivity contribution is 6.98. The maximum Gasteiger partial charge on any atom is 0.246 e. The Labute approximate surface area is 198 Å². The summed E-state index contributed by atoms with van der Waals surface area (Å²) in [5, 5.41) is 7.97. The zero-order chi connectivity index (χ0) is 22.2. The van der Waals surface area contributed by atoms with Crippen LogP contribution in [0, 0.1) is 0 Å². The molecule has 34 heavy (non-hydrogen) atoms. The summed E-state index contributed by atoms with van der Waals surface area (Å²) in [5.74, 6) is 0. The molecular formula is C32H20BN. The zero-order valence-electron chi connectivity index (χ0n) is 18.6. The van der Waals surface area contributed by atoms with E-state index in [-0.39, 0.29) is 6.71 Å². The van der Waals surface area contributed by atoms with Crippen molar-refractivity contribution in [2.24, 2.45) is 0 Å². The Balaban J connectivity index is 1.69. The van der Waals surface area contributed by atoms with E-state index in [1.807, 2.05) is 0 Å². The number of aromatic nitrogens is 1. The fourth-order valence-corrected chi connectivity index (χ4v) is 6.33. The minimum absolute atomic E-state index is 0.218. The van der Waals surface area contributed by atoms with E-state index in [9.17, 15) is 0 Å². The fraction of sp³-hybridized carbons (Fsp3) is 0. The predicted molar refractivity (Wildman–Crippen MR) is 147 cm³/mol. The summed E-state index contributed by atoms with van der Waals surface area (Å²) in [6.07, 6.45) is 0. The second-order valence-electron chi connectivity index (χ2n) is 9.30. The van der Waals surface area contributed by atoms with E-state index in [1.54, 1.807) is 0 Å². The van der Waals surface area contributed by atoms with Gasteiger partial charge in [0.05, 0.1) is 5.52 Å². The Morgan fingerprint density at radius 3 is 1.82 bits per heavy atom. The van der Waals surface area contributed by atoms with Gasteiger partial charge in [-0.25, -0.2) is 0 Å². The molecule has 0 fully saturated rings. The predicted octanol–water partition coefficient (Wildman–Crippen LogP) is 5.92. The van der Waals surface area contributed by atoms with Crippen molar-refractivity contribution >= 4 is 66.5 Å². The van der Waals surface area contributed by atoms with Crippen molar-refractivity contribution in [1.29, 1.82) is 0 Å². The highest BCUT2D eigenvalue weighted by Gasteiger charge is 2.33. The maximum absolute atomic E-state index is 2.55. The molecule has 2 heterocycles. The van der Waals surface area contributed by atoms with Gasteiger partial charge in [0.1, 0.15) is 0 Å². The molecule has 6 aromatic carbocycles.